The van der Waals surface area contributed by atoms with E-state index in [1.54, 1.807) is 0 Å². The lowest BCUT2D eigenvalue weighted by atomic mass is 10.0. The number of hydrogen-bond acceptors (Lipinski definition) is 2. The Morgan fingerprint density at radius 1 is 1.38 bits per heavy atom. The summed E-state index contributed by atoms with van der Waals surface area (Å²) in [4.78, 5) is 13.4. The van der Waals surface area contributed by atoms with Crippen molar-refractivity contribution in [2.24, 2.45) is 5.73 Å². The summed E-state index contributed by atoms with van der Waals surface area (Å²) < 4.78 is 0. The van der Waals surface area contributed by atoms with Crippen molar-refractivity contribution in [3.63, 3.8) is 0 Å². The van der Waals surface area contributed by atoms with Gasteiger partial charge < -0.3 is 5.73 Å². The molecule has 1 amide bonds. The SMILES string of the molecule is NC(=O)[C@H]1[CH]CCCN1Cc1ccccc1. The highest BCUT2D eigenvalue weighted by atomic mass is 16.1. The van der Waals surface area contributed by atoms with Crippen LogP contribution < -0.4 is 5.73 Å². The maximum Gasteiger partial charge on any atom is 0.235 e. The zero-order valence-electron chi connectivity index (χ0n) is 9.30. The zero-order chi connectivity index (χ0) is 11.4. The molecule has 0 bridgehead atoms. The molecule has 3 nitrogen and oxygen atoms in total. The first-order chi connectivity index (χ1) is 7.77. The van der Waals surface area contributed by atoms with Gasteiger partial charge in [0.05, 0.1) is 6.04 Å². The molecule has 0 aromatic heterocycles. The first kappa shape index (κ1) is 11.1. The maximum absolute atomic E-state index is 11.3. The number of benzene rings is 1. The van der Waals surface area contributed by atoms with Gasteiger partial charge in [-0.25, -0.2) is 0 Å². The highest BCUT2D eigenvalue weighted by molar-refractivity contribution is 5.81. The van der Waals surface area contributed by atoms with Gasteiger partial charge in [0.2, 0.25) is 5.91 Å². The molecule has 1 aliphatic rings. The lowest BCUT2D eigenvalue weighted by Crippen LogP contribution is -2.47. The van der Waals surface area contributed by atoms with Crippen LogP contribution >= 0.6 is 0 Å². The minimum absolute atomic E-state index is 0.200. The number of hydrogen-bond donors (Lipinski definition) is 1. The maximum atomic E-state index is 11.3. The van der Waals surface area contributed by atoms with Gasteiger partial charge in [0, 0.05) is 6.54 Å². The standard InChI is InChI=1S/C13H17N2O/c14-13(16)12-8-4-5-9-15(12)10-11-6-2-1-3-7-11/h1-3,6-8,12H,4-5,9-10H2,(H2,14,16)/t12-/m1/s1. The summed E-state index contributed by atoms with van der Waals surface area (Å²) in [6.45, 7) is 1.74. The van der Waals surface area contributed by atoms with Crippen LogP contribution in [-0.4, -0.2) is 23.4 Å². The van der Waals surface area contributed by atoms with E-state index in [0.29, 0.717) is 0 Å². The summed E-state index contributed by atoms with van der Waals surface area (Å²) in [6, 6.07) is 9.98. The summed E-state index contributed by atoms with van der Waals surface area (Å²) in [5, 5.41) is 0. The molecule has 1 atom stereocenters. The first-order valence-electron chi connectivity index (χ1n) is 5.68. The lowest BCUT2D eigenvalue weighted by Gasteiger charge is -2.33. The number of rotatable bonds is 3. The number of nitrogens with zero attached hydrogens (tertiary/aromatic N) is 1. The van der Waals surface area contributed by atoms with Crippen LogP contribution in [0.15, 0.2) is 30.3 Å². The second-order valence-corrected chi connectivity index (χ2v) is 4.18. The van der Waals surface area contributed by atoms with Gasteiger partial charge in [0.1, 0.15) is 0 Å². The molecule has 2 rings (SSSR count). The molecule has 0 aliphatic carbocycles. The molecule has 2 N–H and O–H groups in total. The van der Waals surface area contributed by atoms with Crippen LogP contribution in [0.1, 0.15) is 18.4 Å². The van der Waals surface area contributed by atoms with E-state index < -0.39 is 0 Å². The normalized spacial score (nSPS) is 21.9. The molecule has 85 valence electrons. The number of likely N-dealkylation sites (tertiary alicyclic amines) is 1. The van der Waals surface area contributed by atoms with Crippen molar-refractivity contribution in [1.82, 2.24) is 4.90 Å². The zero-order valence-corrected chi connectivity index (χ0v) is 9.30. The van der Waals surface area contributed by atoms with Crippen molar-refractivity contribution in [3.8, 4) is 0 Å². The minimum Gasteiger partial charge on any atom is -0.368 e. The molecule has 1 heterocycles. The molecule has 0 saturated carbocycles. The highest BCUT2D eigenvalue weighted by Crippen LogP contribution is 2.18. The van der Waals surface area contributed by atoms with Crippen LogP contribution in [0.2, 0.25) is 0 Å². The van der Waals surface area contributed by atoms with Crippen LogP contribution in [-0.2, 0) is 11.3 Å². The molecule has 1 aromatic carbocycles. The Morgan fingerprint density at radius 2 is 2.12 bits per heavy atom. The Balaban J connectivity index is 2.04. The van der Waals surface area contributed by atoms with E-state index in [2.05, 4.69) is 17.0 Å². The second kappa shape index (κ2) is 5.12. The number of nitrogens with two attached hydrogens (primary N) is 1. The molecule has 3 heteroatoms. The molecule has 1 radical (unpaired) electrons. The van der Waals surface area contributed by atoms with Crippen LogP contribution in [0.5, 0.6) is 0 Å². The third-order valence-electron chi connectivity index (χ3n) is 2.95. The molecule has 16 heavy (non-hydrogen) atoms. The lowest BCUT2D eigenvalue weighted by molar-refractivity contribution is -0.122. The van der Waals surface area contributed by atoms with Crippen molar-refractivity contribution in [3.05, 3.63) is 42.3 Å². The first-order valence-corrected chi connectivity index (χ1v) is 5.68. The second-order valence-electron chi connectivity index (χ2n) is 4.18. The fourth-order valence-electron chi connectivity index (χ4n) is 2.15. The van der Waals surface area contributed by atoms with Gasteiger partial charge in [-0.1, -0.05) is 30.3 Å². The van der Waals surface area contributed by atoms with E-state index in [-0.39, 0.29) is 11.9 Å². The van der Waals surface area contributed by atoms with Crippen LogP contribution in [0.4, 0.5) is 0 Å². The molecule has 1 aliphatic heterocycles. The smallest absolute Gasteiger partial charge is 0.235 e. The van der Waals surface area contributed by atoms with E-state index >= 15 is 0 Å². The molecule has 1 aromatic rings. The number of primary amides is 1. The average Bonchev–Trinajstić information content (AvgIpc) is 2.31. The van der Waals surface area contributed by atoms with Crippen molar-refractivity contribution in [2.45, 2.75) is 25.4 Å². The Morgan fingerprint density at radius 3 is 2.81 bits per heavy atom. The predicted molar refractivity (Wildman–Crippen MR) is 63.4 cm³/mol. The summed E-state index contributed by atoms with van der Waals surface area (Å²) in [5.41, 5.74) is 6.63. The monoisotopic (exact) mass is 217 g/mol. The Kier molecular flexibility index (Phi) is 3.57. The topological polar surface area (TPSA) is 46.3 Å². The molecule has 1 fully saturated rings. The van der Waals surface area contributed by atoms with Gasteiger partial charge in [-0.3, -0.25) is 9.69 Å². The third kappa shape index (κ3) is 2.61. The quantitative estimate of drug-likeness (QED) is 0.830. The van der Waals surface area contributed by atoms with E-state index in [9.17, 15) is 4.79 Å². The summed E-state index contributed by atoms with van der Waals surface area (Å²) in [5.74, 6) is -0.240. The van der Waals surface area contributed by atoms with E-state index in [1.807, 2.05) is 24.6 Å². The summed E-state index contributed by atoms with van der Waals surface area (Å²) >= 11 is 0. The van der Waals surface area contributed by atoms with Gasteiger partial charge in [0.25, 0.3) is 0 Å². The molecular weight excluding hydrogens is 200 g/mol. The number of amides is 1. The Bertz CT molecular complexity index is 350. The minimum atomic E-state index is -0.240. The molecule has 0 unspecified atom stereocenters. The molecule has 1 saturated heterocycles. The Hall–Kier alpha value is -1.35. The summed E-state index contributed by atoms with van der Waals surface area (Å²) in [7, 11) is 0. The molecule has 0 spiro atoms. The van der Waals surface area contributed by atoms with Crippen LogP contribution in [0.25, 0.3) is 0 Å². The predicted octanol–water partition coefficient (Wildman–Crippen LogP) is 1.34. The van der Waals surface area contributed by atoms with Crippen LogP contribution in [0.3, 0.4) is 0 Å². The van der Waals surface area contributed by atoms with Gasteiger partial charge in [0.15, 0.2) is 0 Å². The van der Waals surface area contributed by atoms with Crippen molar-refractivity contribution >= 4 is 5.91 Å². The average molecular weight is 217 g/mol. The van der Waals surface area contributed by atoms with Crippen LogP contribution in [0, 0.1) is 6.42 Å². The number of piperidine rings is 1. The van der Waals surface area contributed by atoms with Crippen molar-refractivity contribution in [1.29, 1.82) is 0 Å². The van der Waals surface area contributed by atoms with Crippen molar-refractivity contribution in [2.75, 3.05) is 6.54 Å². The molecular formula is C13H17N2O. The van der Waals surface area contributed by atoms with E-state index in [4.69, 9.17) is 5.73 Å². The highest BCUT2D eigenvalue weighted by Gasteiger charge is 2.26. The fraction of sp³-hybridized carbons (Fsp3) is 0.385. The van der Waals surface area contributed by atoms with Gasteiger partial charge in [-0.05, 0) is 31.4 Å². The number of carbonyl (C=O) groups excluding carboxylic acids is 1. The van der Waals surface area contributed by atoms with Gasteiger partial charge in [-0.15, -0.1) is 0 Å². The Labute approximate surface area is 96.2 Å². The fourth-order valence-corrected chi connectivity index (χ4v) is 2.15. The largest absolute Gasteiger partial charge is 0.368 e. The van der Waals surface area contributed by atoms with E-state index in [0.717, 1.165) is 25.9 Å². The third-order valence-corrected chi connectivity index (χ3v) is 2.95. The number of carbonyl (C=O) groups is 1. The van der Waals surface area contributed by atoms with Gasteiger partial charge in [-0.2, -0.15) is 0 Å². The summed E-state index contributed by atoms with van der Waals surface area (Å²) in [6.07, 6.45) is 4.12. The van der Waals surface area contributed by atoms with Crippen molar-refractivity contribution < 1.29 is 4.79 Å². The van der Waals surface area contributed by atoms with Gasteiger partial charge >= 0.3 is 0 Å². The van der Waals surface area contributed by atoms with E-state index in [1.165, 1.54) is 5.56 Å².